The predicted molar refractivity (Wildman–Crippen MR) is 99.3 cm³/mol. The van der Waals surface area contributed by atoms with Gasteiger partial charge in [-0.1, -0.05) is 69.1 Å². The number of carbonyl (C=O) groups is 1. The van der Waals surface area contributed by atoms with Gasteiger partial charge in [-0.25, -0.2) is 0 Å². The van der Waals surface area contributed by atoms with E-state index in [9.17, 15) is 4.79 Å². The second-order valence-electron chi connectivity index (χ2n) is 5.63. The lowest BCUT2D eigenvalue weighted by atomic mass is 10.1. The summed E-state index contributed by atoms with van der Waals surface area (Å²) in [5, 5.41) is 0. The van der Waals surface area contributed by atoms with Gasteiger partial charge < -0.3 is 10.5 Å². The van der Waals surface area contributed by atoms with Gasteiger partial charge in [0.1, 0.15) is 0 Å². The topological polar surface area (TPSA) is 52.3 Å². The van der Waals surface area contributed by atoms with Crippen LogP contribution in [0, 0.1) is 0 Å². The molecule has 0 rings (SSSR count). The molecule has 2 N–H and O–H groups in total. The van der Waals surface area contributed by atoms with Crippen molar-refractivity contribution in [1.29, 1.82) is 0 Å². The number of rotatable bonds is 15. The summed E-state index contributed by atoms with van der Waals surface area (Å²) in [5.74, 6) is -0.302. The van der Waals surface area contributed by atoms with Crippen LogP contribution in [0.25, 0.3) is 0 Å². The molecule has 0 spiro atoms. The molecule has 0 aromatic rings. The normalized spacial score (nSPS) is 11.9. The highest BCUT2D eigenvalue weighted by molar-refractivity contribution is 5.71. The molecule has 0 aliphatic carbocycles. The number of unbranched alkanes of at least 4 members (excludes halogenated alkanes) is 6. The average Bonchev–Trinajstić information content (AvgIpc) is 2.57. The van der Waals surface area contributed by atoms with E-state index in [-0.39, 0.29) is 12.5 Å². The van der Waals surface area contributed by atoms with Gasteiger partial charge in [0.15, 0.2) is 0 Å². The molecule has 0 aliphatic rings. The Kier molecular flexibility index (Phi) is 17.6. The maximum Gasteiger partial charge on any atom is 0.319 e. The van der Waals surface area contributed by atoms with Crippen LogP contribution in [0.3, 0.4) is 0 Å². The number of hydrogen-bond acceptors (Lipinski definition) is 3. The molecule has 0 saturated carbocycles. The second kappa shape index (κ2) is 18.7. The third-order valence-electron chi connectivity index (χ3n) is 3.47. The number of carbonyl (C=O) groups excluding carboxylic acids is 1. The van der Waals surface area contributed by atoms with Gasteiger partial charge >= 0.3 is 5.97 Å². The fraction of sp³-hybridized carbons (Fsp3) is 0.650. The SMILES string of the molecule is CC/C=C\C/C=C\C/C=C\CCCCCCCCOC(=O)CN. The van der Waals surface area contributed by atoms with E-state index in [1.165, 1.54) is 32.1 Å². The van der Waals surface area contributed by atoms with Gasteiger partial charge in [0, 0.05) is 0 Å². The lowest BCUT2D eigenvalue weighted by molar-refractivity contribution is -0.142. The first-order valence-corrected chi connectivity index (χ1v) is 9.12. The van der Waals surface area contributed by atoms with Crippen LogP contribution >= 0.6 is 0 Å². The van der Waals surface area contributed by atoms with Crippen LogP contribution in [0.4, 0.5) is 0 Å². The van der Waals surface area contributed by atoms with Crippen molar-refractivity contribution in [1.82, 2.24) is 0 Å². The van der Waals surface area contributed by atoms with Gasteiger partial charge in [-0.3, -0.25) is 4.79 Å². The Morgan fingerprint density at radius 1 is 0.826 bits per heavy atom. The molecule has 0 aromatic heterocycles. The maximum atomic E-state index is 10.8. The molecular formula is C20H35NO2. The number of allylic oxidation sites excluding steroid dienone is 6. The summed E-state index contributed by atoms with van der Waals surface area (Å²) in [4.78, 5) is 10.8. The molecule has 23 heavy (non-hydrogen) atoms. The molecule has 0 amide bonds. The molecule has 0 fully saturated rings. The maximum absolute atomic E-state index is 10.8. The summed E-state index contributed by atoms with van der Waals surface area (Å²) in [6, 6.07) is 0. The average molecular weight is 322 g/mol. The van der Waals surface area contributed by atoms with Gasteiger partial charge in [-0.2, -0.15) is 0 Å². The molecule has 0 heterocycles. The van der Waals surface area contributed by atoms with E-state index in [4.69, 9.17) is 10.5 Å². The zero-order valence-electron chi connectivity index (χ0n) is 14.8. The lowest BCUT2D eigenvalue weighted by Crippen LogP contribution is -2.17. The van der Waals surface area contributed by atoms with E-state index in [1.54, 1.807) is 0 Å². The van der Waals surface area contributed by atoms with Crippen LogP contribution in [-0.4, -0.2) is 19.1 Å². The van der Waals surface area contributed by atoms with Crippen LogP contribution < -0.4 is 5.73 Å². The molecular weight excluding hydrogens is 286 g/mol. The van der Waals surface area contributed by atoms with Gasteiger partial charge in [-0.05, 0) is 38.5 Å². The molecule has 0 unspecified atom stereocenters. The summed E-state index contributed by atoms with van der Waals surface area (Å²) < 4.78 is 4.93. The van der Waals surface area contributed by atoms with Crippen LogP contribution in [0.2, 0.25) is 0 Å². The third-order valence-corrected chi connectivity index (χ3v) is 3.47. The Bertz CT molecular complexity index is 346. The second-order valence-corrected chi connectivity index (χ2v) is 5.63. The van der Waals surface area contributed by atoms with Crippen molar-refractivity contribution in [2.45, 2.75) is 71.1 Å². The van der Waals surface area contributed by atoms with Crippen molar-refractivity contribution < 1.29 is 9.53 Å². The fourth-order valence-electron chi connectivity index (χ4n) is 2.14. The molecule has 3 heteroatoms. The fourth-order valence-corrected chi connectivity index (χ4v) is 2.14. The monoisotopic (exact) mass is 321 g/mol. The Morgan fingerprint density at radius 3 is 2.04 bits per heavy atom. The summed E-state index contributed by atoms with van der Waals surface area (Å²) in [6.07, 6.45) is 24.9. The van der Waals surface area contributed by atoms with E-state index in [1.807, 2.05) is 0 Å². The molecule has 0 radical (unpaired) electrons. The van der Waals surface area contributed by atoms with Crippen LogP contribution in [0.5, 0.6) is 0 Å². The molecule has 0 aliphatic heterocycles. The number of hydrogen-bond donors (Lipinski definition) is 1. The van der Waals surface area contributed by atoms with Crippen LogP contribution in [-0.2, 0) is 9.53 Å². The Labute approximate surface area is 142 Å². The molecule has 132 valence electrons. The minimum Gasteiger partial charge on any atom is -0.465 e. The zero-order valence-corrected chi connectivity index (χ0v) is 14.8. The molecule has 0 saturated heterocycles. The van der Waals surface area contributed by atoms with E-state index in [0.29, 0.717) is 6.61 Å². The number of ether oxygens (including phenoxy) is 1. The zero-order chi connectivity index (χ0) is 17.0. The smallest absolute Gasteiger partial charge is 0.319 e. The van der Waals surface area contributed by atoms with Crippen molar-refractivity contribution in [2.24, 2.45) is 5.73 Å². The number of esters is 1. The highest BCUT2D eigenvalue weighted by atomic mass is 16.5. The third kappa shape index (κ3) is 18.6. The first kappa shape index (κ1) is 21.6. The highest BCUT2D eigenvalue weighted by Gasteiger charge is 1.97. The van der Waals surface area contributed by atoms with Gasteiger partial charge in [-0.15, -0.1) is 0 Å². The first-order valence-electron chi connectivity index (χ1n) is 9.12. The lowest BCUT2D eigenvalue weighted by Gasteiger charge is -2.03. The first-order chi connectivity index (χ1) is 11.3. The molecule has 0 bridgehead atoms. The Morgan fingerprint density at radius 2 is 1.39 bits per heavy atom. The number of nitrogens with two attached hydrogens (primary N) is 1. The van der Waals surface area contributed by atoms with Gasteiger partial charge in [0.25, 0.3) is 0 Å². The Hall–Kier alpha value is -1.35. The van der Waals surface area contributed by atoms with Crippen molar-refractivity contribution in [2.75, 3.05) is 13.2 Å². The summed E-state index contributed by atoms with van der Waals surface area (Å²) in [5.41, 5.74) is 5.16. The summed E-state index contributed by atoms with van der Waals surface area (Å²) in [6.45, 7) is 2.66. The standard InChI is InChI=1S/C20H35NO2/c1-2-3-4-5-6-7-8-9-10-11-12-13-14-15-16-17-18-23-20(22)19-21/h3-4,6-7,9-10H,2,5,8,11-19,21H2,1H3/b4-3-,7-6-,10-9-. The van der Waals surface area contributed by atoms with Gasteiger partial charge in [0.2, 0.25) is 0 Å². The van der Waals surface area contributed by atoms with Crippen molar-refractivity contribution in [3.63, 3.8) is 0 Å². The molecule has 0 aromatic carbocycles. The largest absolute Gasteiger partial charge is 0.465 e. The minimum absolute atomic E-state index is 0.0147. The van der Waals surface area contributed by atoms with Crippen molar-refractivity contribution in [3.8, 4) is 0 Å². The minimum atomic E-state index is -0.302. The van der Waals surface area contributed by atoms with Crippen molar-refractivity contribution >= 4 is 5.97 Å². The highest BCUT2D eigenvalue weighted by Crippen LogP contribution is 2.08. The summed E-state index contributed by atoms with van der Waals surface area (Å²) >= 11 is 0. The molecule has 0 atom stereocenters. The Balaban J connectivity index is 3.22. The van der Waals surface area contributed by atoms with E-state index in [2.05, 4.69) is 43.4 Å². The summed E-state index contributed by atoms with van der Waals surface area (Å²) in [7, 11) is 0. The molecule has 3 nitrogen and oxygen atoms in total. The van der Waals surface area contributed by atoms with Gasteiger partial charge in [0.05, 0.1) is 13.2 Å². The van der Waals surface area contributed by atoms with E-state index in [0.717, 1.165) is 32.1 Å². The van der Waals surface area contributed by atoms with E-state index < -0.39 is 0 Å². The quantitative estimate of drug-likeness (QED) is 0.260. The predicted octanol–water partition coefficient (Wildman–Crippen LogP) is 5.08. The van der Waals surface area contributed by atoms with Crippen molar-refractivity contribution in [3.05, 3.63) is 36.5 Å². The van der Waals surface area contributed by atoms with E-state index >= 15 is 0 Å². The van der Waals surface area contributed by atoms with Crippen LogP contribution in [0.15, 0.2) is 36.5 Å². The van der Waals surface area contributed by atoms with Crippen LogP contribution in [0.1, 0.15) is 71.1 Å².